The summed E-state index contributed by atoms with van der Waals surface area (Å²) in [6, 6.07) is 27.2. The van der Waals surface area contributed by atoms with Gasteiger partial charge in [0.2, 0.25) is 0 Å². The van der Waals surface area contributed by atoms with Gasteiger partial charge in [0, 0.05) is 23.7 Å². The average Bonchev–Trinajstić information content (AvgIpc) is 3.50. The number of fused-ring (bicyclic) bond motifs is 3. The fraction of sp³-hybridized carbons (Fsp3) is 0.212. The fourth-order valence-corrected chi connectivity index (χ4v) is 6.99. The van der Waals surface area contributed by atoms with Gasteiger partial charge in [-0.05, 0) is 89.5 Å². The van der Waals surface area contributed by atoms with Crippen molar-refractivity contribution in [1.82, 2.24) is 0 Å². The zero-order valence-corrected chi connectivity index (χ0v) is 23.9. The van der Waals surface area contributed by atoms with Crippen molar-refractivity contribution in [3.63, 3.8) is 0 Å². The molecule has 0 saturated carbocycles. The lowest BCUT2D eigenvalue weighted by molar-refractivity contribution is -0.384. The van der Waals surface area contributed by atoms with Crippen molar-refractivity contribution in [2.45, 2.75) is 43.2 Å². The lowest BCUT2D eigenvalue weighted by Crippen LogP contribution is -2.29. The maximum Gasteiger partial charge on any atom is 0.269 e. The summed E-state index contributed by atoms with van der Waals surface area (Å²) in [5.41, 5.74) is 5.49. The molecule has 1 aliphatic heterocycles. The van der Waals surface area contributed by atoms with E-state index in [1.54, 1.807) is 30.3 Å². The number of nitrogens with zero attached hydrogens (tertiary/aromatic N) is 1. The lowest BCUT2D eigenvalue weighted by Gasteiger charge is -2.37. The molecule has 2 aliphatic rings. The standard InChI is InChI=1S/C33H31N3O5S/c1-2-23-6-3-4-9-31(23)35-42(39,40)27-18-19-32-30(20-27)28-7-5-8-29(28)33(34-32)24-12-16-26(17-13-24)41-21-22-10-14-25(15-11-22)36(37)38/h3-7,9-20,28-29,33-35H,2,8,21H2,1H3/t28-,29+,33+/m0/s1. The summed E-state index contributed by atoms with van der Waals surface area (Å²) < 4.78 is 35.4. The summed E-state index contributed by atoms with van der Waals surface area (Å²) >= 11 is 0. The second-order valence-electron chi connectivity index (χ2n) is 10.6. The third kappa shape index (κ3) is 5.47. The van der Waals surface area contributed by atoms with Crippen molar-refractivity contribution in [2.75, 3.05) is 10.0 Å². The number of anilines is 2. The van der Waals surface area contributed by atoms with Crippen LogP contribution in [0, 0.1) is 16.0 Å². The summed E-state index contributed by atoms with van der Waals surface area (Å²) in [5, 5.41) is 14.5. The topological polar surface area (TPSA) is 111 Å². The molecule has 0 fully saturated rings. The van der Waals surface area contributed by atoms with E-state index in [-0.39, 0.29) is 28.5 Å². The zero-order chi connectivity index (χ0) is 29.3. The Bertz CT molecular complexity index is 1750. The number of ether oxygens (including phenoxy) is 1. The molecule has 9 heteroatoms. The number of nitro benzene ring substituents is 1. The highest BCUT2D eigenvalue weighted by Crippen LogP contribution is 2.50. The summed E-state index contributed by atoms with van der Waals surface area (Å²) in [5.74, 6) is 1.06. The molecular formula is C33H31N3O5S. The van der Waals surface area contributed by atoms with Crippen LogP contribution in [-0.2, 0) is 23.1 Å². The summed E-state index contributed by atoms with van der Waals surface area (Å²) in [4.78, 5) is 10.7. The molecule has 4 aromatic rings. The number of nitrogens with one attached hydrogen (secondary N) is 2. The Balaban J connectivity index is 1.18. The first-order valence-corrected chi connectivity index (χ1v) is 15.4. The maximum absolute atomic E-state index is 13.4. The minimum absolute atomic E-state index is 0.0524. The van der Waals surface area contributed by atoms with Gasteiger partial charge in [-0.25, -0.2) is 8.42 Å². The lowest BCUT2D eigenvalue weighted by atomic mass is 9.77. The molecule has 0 aromatic heterocycles. The first-order chi connectivity index (χ1) is 20.3. The average molecular weight is 582 g/mol. The number of nitro groups is 1. The van der Waals surface area contributed by atoms with Gasteiger partial charge in [0.15, 0.2) is 0 Å². The monoisotopic (exact) mass is 581 g/mol. The van der Waals surface area contributed by atoms with E-state index < -0.39 is 14.9 Å². The minimum atomic E-state index is -3.76. The van der Waals surface area contributed by atoms with Crippen LogP contribution >= 0.6 is 0 Å². The molecule has 1 heterocycles. The second kappa shape index (κ2) is 11.3. The predicted octanol–water partition coefficient (Wildman–Crippen LogP) is 7.36. The van der Waals surface area contributed by atoms with Crippen molar-refractivity contribution in [2.24, 2.45) is 5.92 Å². The first-order valence-electron chi connectivity index (χ1n) is 14.0. The van der Waals surface area contributed by atoms with Crippen molar-refractivity contribution in [3.8, 4) is 5.75 Å². The van der Waals surface area contributed by atoms with Gasteiger partial charge in [-0.1, -0.05) is 49.4 Å². The molecule has 214 valence electrons. The van der Waals surface area contributed by atoms with Crippen molar-refractivity contribution < 1.29 is 18.1 Å². The molecule has 8 nitrogen and oxygen atoms in total. The Hall–Kier alpha value is -4.63. The summed E-state index contributed by atoms with van der Waals surface area (Å²) in [7, 11) is -3.76. The minimum Gasteiger partial charge on any atom is -0.489 e. The Labute approximate surface area is 245 Å². The molecule has 0 unspecified atom stereocenters. The largest absolute Gasteiger partial charge is 0.489 e. The molecular weight excluding hydrogens is 550 g/mol. The van der Waals surface area contributed by atoms with Gasteiger partial charge in [-0.2, -0.15) is 0 Å². The molecule has 4 aromatic carbocycles. The van der Waals surface area contributed by atoms with Gasteiger partial charge in [-0.3, -0.25) is 14.8 Å². The highest BCUT2D eigenvalue weighted by Gasteiger charge is 2.38. The quantitative estimate of drug-likeness (QED) is 0.121. The van der Waals surface area contributed by atoms with Crippen LogP contribution in [0.5, 0.6) is 5.75 Å². The Morgan fingerprint density at radius 3 is 2.50 bits per heavy atom. The van der Waals surface area contributed by atoms with Crippen LogP contribution in [-0.4, -0.2) is 13.3 Å². The van der Waals surface area contributed by atoms with E-state index in [1.807, 2.05) is 43.3 Å². The first kappa shape index (κ1) is 27.5. The number of aryl methyl sites for hydroxylation is 1. The predicted molar refractivity (Wildman–Crippen MR) is 163 cm³/mol. The number of para-hydroxylation sites is 1. The number of sulfonamides is 1. The number of hydrogen-bond acceptors (Lipinski definition) is 6. The third-order valence-electron chi connectivity index (χ3n) is 8.08. The van der Waals surface area contributed by atoms with E-state index in [9.17, 15) is 18.5 Å². The smallest absolute Gasteiger partial charge is 0.269 e. The van der Waals surface area contributed by atoms with Crippen LogP contribution < -0.4 is 14.8 Å². The molecule has 1 aliphatic carbocycles. The second-order valence-corrected chi connectivity index (χ2v) is 12.3. The number of rotatable bonds is 9. The molecule has 2 N–H and O–H groups in total. The van der Waals surface area contributed by atoms with Crippen LogP contribution in [0.25, 0.3) is 0 Å². The molecule has 0 spiro atoms. The van der Waals surface area contributed by atoms with Crippen LogP contribution in [0.15, 0.2) is 108 Å². The van der Waals surface area contributed by atoms with Crippen molar-refractivity contribution in [1.29, 1.82) is 0 Å². The van der Waals surface area contributed by atoms with E-state index in [1.165, 1.54) is 12.1 Å². The van der Waals surface area contributed by atoms with Crippen molar-refractivity contribution >= 4 is 27.1 Å². The van der Waals surface area contributed by atoms with Crippen molar-refractivity contribution in [3.05, 3.63) is 136 Å². The third-order valence-corrected chi connectivity index (χ3v) is 9.44. The fourth-order valence-electron chi connectivity index (χ4n) is 5.85. The number of non-ortho nitro benzene ring substituents is 1. The molecule has 0 amide bonds. The van der Waals surface area contributed by atoms with E-state index >= 15 is 0 Å². The van der Waals surface area contributed by atoms with Crippen LogP contribution in [0.3, 0.4) is 0 Å². The Morgan fingerprint density at radius 2 is 1.76 bits per heavy atom. The molecule has 3 atom stereocenters. The molecule has 0 saturated heterocycles. The number of benzene rings is 4. The molecule has 42 heavy (non-hydrogen) atoms. The van der Waals surface area contributed by atoms with Gasteiger partial charge in [0.05, 0.1) is 21.5 Å². The Morgan fingerprint density at radius 1 is 1.00 bits per heavy atom. The SMILES string of the molecule is CCc1ccccc1NS(=O)(=O)c1ccc2c(c1)[C@H]1C=CC[C@H]1[C@@H](c1ccc(OCc3ccc([N+](=O)[O-])cc3)cc1)N2. The summed E-state index contributed by atoms with van der Waals surface area (Å²) in [6.45, 7) is 2.31. The van der Waals surface area contributed by atoms with E-state index in [0.717, 1.165) is 40.8 Å². The van der Waals surface area contributed by atoms with Gasteiger partial charge in [0.1, 0.15) is 12.4 Å². The van der Waals surface area contributed by atoms with Gasteiger partial charge >= 0.3 is 0 Å². The number of allylic oxidation sites excluding steroid dienone is 2. The van der Waals surface area contributed by atoms with Crippen LogP contribution in [0.2, 0.25) is 0 Å². The van der Waals surface area contributed by atoms with Crippen LogP contribution in [0.4, 0.5) is 17.1 Å². The Kier molecular flexibility index (Phi) is 7.43. The molecule has 0 radical (unpaired) electrons. The highest BCUT2D eigenvalue weighted by atomic mass is 32.2. The van der Waals surface area contributed by atoms with E-state index in [0.29, 0.717) is 18.0 Å². The van der Waals surface area contributed by atoms with E-state index in [2.05, 4.69) is 34.3 Å². The highest BCUT2D eigenvalue weighted by molar-refractivity contribution is 7.92. The number of hydrogen-bond donors (Lipinski definition) is 2. The maximum atomic E-state index is 13.4. The van der Waals surface area contributed by atoms with Crippen LogP contribution in [0.1, 0.15) is 47.6 Å². The molecule has 0 bridgehead atoms. The van der Waals surface area contributed by atoms with Gasteiger partial charge in [0.25, 0.3) is 15.7 Å². The van der Waals surface area contributed by atoms with Gasteiger partial charge < -0.3 is 10.1 Å². The zero-order valence-electron chi connectivity index (χ0n) is 23.1. The molecule has 6 rings (SSSR count). The van der Waals surface area contributed by atoms with E-state index in [4.69, 9.17) is 4.74 Å². The normalized spacial score (nSPS) is 18.9. The summed E-state index contributed by atoms with van der Waals surface area (Å²) in [6.07, 6.45) is 5.99. The van der Waals surface area contributed by atoms with Gasteiger partial charge in [-0.15, -0.1) is 0 Å².